The lowest BCUT2D eigenvalue weighted by Gasteiger charge is -2.14. The number of carbonyl (C=O) groups is 3. The third-order valence-electron chi connectivity index (χ3n) is 2.50. The van der Waals surface area contributed by atoms with E-state index >= 15 is 0 Å². The summed E-state index contributed by atoms with van der Waals surface area (Å²) in [4.78, 5) is 38.7. The number of carboxylic acids is 1. The molecule has 2 amide bonds. The lowest BCUT2D eigenvalue weighted by molar-refractivity contribution is -0.143. The first-order valence-corrected chi connectivity index (χ1v) is 5.30. The van der Waals surface area contributed by atoms with E-state index in [1.165, 1.54) is 12.3 Å². The van der Waals surface area contributed by atoms with Gasteiger partial charge >= 0.3 is 5.97 Å². The molecule has 6 heteroatoms. The summed E-state index contributed by atoms with van der Waals surface area (Å²) in [5.41, 5.74) is 0.179. The predicted octanol–water partition coefficient (Wildman–Crippen LogP) is 0.656. The van der Waals surface area contributed by atoms with E-state index in [1.807, 2.05) is 0 Å². The van der Waals surface area contributed by atoms with Gasteiger partial charge in [0.1, 0.15) is 5.70 Å². The van der Waals surface area contributed by atoms with Gasteiger partial charge < -0.3 is 5.11 Å². The Balaban J connectivity index is 2.41. The van der Waals surface area contributed by atoms with Crippen LogP contribution in [0.15, 0.2) is 30.2 Å². The summed E-state index contributed by atoms with van der Waals surface area (Å²) in [5, 5.41) is 9.10. The third-order valence-corrected chi connectivity index (χ3v) is 2.50. The average molecular weight is 246 g/mol. The minimum atomic E-state index is -1.32. The van der Waals surface area contributed by atoms with E-state index < -0.39 is 17.8 Å². The Hall–Kier alpha value is -2.50. The van der Waals surface area contributed by atoms with Crippen LogP contribution in [0.4, 0.5) is 0 Å². The van der Waals surface area contributed by atoms with Gasteiger partial charge in [-0.3, -0.25) is 14.6 Å². The zero-order chi connectivity index (χ0) is 13.1. The maximum Gasteiger partial charge on any atom is 0.353 e. The van der Waals surface area contributed by atoms with Gasteiger partial charge in [-0.1, -0.05) is 6.07 Å². The summed E-state index contributed by atoms with van der Waals surface area (Å²) in [7, 11) is 0. The first-order chi connectivity index (χ1) is 8.59. The van der Waals surface area contributed by atoms with Crippen LogP contribution in [-0.4, -0.2) is 32.8 Å². The first-order valence-electron chi connectivity index (χ1n) is 5.30. The number of hydrogen-bond donors (Lipinski definition) is 1. The fourth-order valence-electron chi connectivity index (χ4n) is 1.69. The van der Waals surface area contributed by atoms with E-state index in [4.69, 9.17) is 5.11 Å². The standard InChI is InChI=1S/C12H10N2O4/c15-10-3-4-11(16)14(10)9(12(17)18)6-8-2-1-5-13-7-8/h1-2,5-7H,3-4H2,(H,17,18)/b9-6+. The number of rotatable bonds is 3. The van der Waals surface area contributed by atoms with E-state index in [9.17, 15) is 14.4 Å². The number of imide groups is 1. The average Bonchev–Trinajstić information content (AvgIpc) is 2.67. The lowest BCUT2D eigenvalue weighted by atomic mass is 10.2. The summed E-state index contributed by atoms with van der Waals surface area (Å²) in [5.74, 6) is -2.29. The number of pyridine rings is 1. The van der Waals surface area contributed by atoms with Crippen LogP contribution in [0.25, 0.3) is 6.08 Å². The Morgan fingerprint density at radius 3 is 2.50 bits per heavy atom. The van der Waals surface area contributed by atoms with Crippen molar-refractivity contribution in [1.29, 1.82) is 0 Å². The Labute approximate surface area is 103 Å². The molecule has 0 aliphatic carbocycles. The summed E-state index contributed by atoms with van der Waals surface area (Å²) >= 11 is 0. The second-order valence-electron chi connectivity index (χ2n) is 3.74. The molecule has 1 saturated heterocycles. The molecule has 1 fully saturated rings. The summed E-state index contributed by atoms with van der Waals surface area (Å²) in [6, 6.07) is 3.28. The molecule has 1 N–H and O–H groups in total. The molecule has 2 rings (SSSR count). The number of likely N-dealkylation sites (tertiary alicyclic amines) is 1. The van der Waals surface area contributed by atoms with E-state index in [1.54, 1.807) is 18.3 Å². The summed E-state index contributed by atoms with van der Waals surface area (Å²) in [6.45, 7) is 0. The molecule has 0 unspecified atom stereocenters. The highest BCUT2D eigenvalue weighted by Gasteiger charge is 2.34. The second kappa shape index (κ2) is 4.79. The minimum absolute atomic E-state index is 0.0521. The van der Waals surface area contributed by atoms with Gasteiger partial charge in [0.2, 0.25) is 11.8 Å². The van der Waals surface area contributed by atoms with Crippen molar-refractivity contribution in [1.82, 2.24) is 9.88 Å². The van der Waals surface area contributed by atoms with Crippen molar-refractivity contribution in [3.63, 3.8) is 0 Å². The second-order valence-corrected chi connectivity index (χ2v) is 3.74. The van der Waals surface area contributed by atoms with Crippen molar-refractivity contribution in [3.05, 3.63) is 35.8 Å². The van der Waals surface area contributed by atoms with E-state index in [-0.39, 0.29) is 18.5 Å². The molecule has 18 heavy (non-hydrogen) atoms. The largest absolute Gasteiger partial charge is 0.477 e. The highest BCUT2D eigenvalue weighted by Crippen LogP contribution is 2.20. The monoisotopic (exact) mass is 246 g/mol. The van der Waals surface area contributed by atoms with Gasteiger partial charge in [0.05, 0.1) is 0 Å². The van der Waals surface area contributed by atoms with Gasteiger partial charge in [-0.2, -0.15) is 0 Å². The molecular weight excluding hydrogens is 236 g/mol. The topological polar surface area (TPSA) is 87.6 Å². The number of nitrogens with zero attached hydrogens (tertiary/aromatic N) is 2. The van der Waals surface area contributed by atoms with Crippen molar-refractivity contribution in [2.45, 2.75) is 12.8 Å². The molecule has 1 aliphatic rings. The Morgan fingerprint density at radius 1 is 1.33 bits per heavy atom. The SMILES string of the molecule is O=C(O)/C(=C\c1cccnc1)N1C(=O)CCC1=O. The van der Waals surface area contributed by atoms with Crippen molar-refractivity contribution < 1.29 is 19.5 Å². The Morgan fingerprint density at radius 2 is 2.00 bits per heavy atom. The highest BCUT2D eigenvalue weighted by molar-refractivity contribution is 6.10. The summed E-state index contributed by atoms with van der Waals surface area (Å²) in [6.07, 6.45) is 4.36. The molecule has 1 aromatic heterocycles. The molecule has 0 radical (unpaired) electrons. The molecule has 0 bridgehead atoms. The fourth-order valence-corrected chi connectivity index (χ4v) is 1.69. The van der Waals surface area contributed by atoms with E-state index in [2.05, 4.69) is 4.98 Å². The maximum absolute atomic E-state index is 11.5. The zero-order valence-corrected chi connectivity index (χ0v) is 9.37. The number of carbonyl (C=O) groups excluding carboxylic acids is 2. The third kappa shape index (κ3) is 2.27. The lowest BCUT2D eigenvalue weighted by Crippen LogP contribution is -2.32. The normalized spacial score (nSPS) is 16.2. The van der Waals surface area contributed by atoms with Gasteiger partial charge in [-0.05, 0) is 17.7 Å². The van der Waals surface area contributed by atoms with Crippen LogP contribution >= 0.6 is 0 Å². The van der Waals surface area contributed by atoms with Crippen molar-refractivity contribution in [2.75, 3.05) is 0 Å². The number of aromatic nitrogens is 1. The smallest absolute Gasteiger partial charge is 0.353 e. The van der Waals surface area contributed by atoms with Crippen LogP contribution in [0.1, 0.15) is 18.4 Å². The van der Waals surface area contributed by atoms with Crippen LogP contribution in [0, 0.1) is 0 Å². The van der Waals surface area contributed by atoms with Gasteiger partial charge in [-0.25, -0.2) is 9.69 Å². The molecule has 1 aromatic rings. The molecule has 92 valence electrons. The van der Waals surface area contributed by atoms with Gasteiger partial charge in [0.15, 0.2) is 0 Å². The van der Waals surface area contributed by atoms with Crippen LogP contribution in [0.2, 0.25) is 0 Å². The zero-order valence-electron chi connectivity index (χ0n) is 9.37. The van der Waals surface area contributed by atoms with E-state index in [0.717, 1.165) is 4.90 Å². The fraction of sp³-hybridized carbons (Fsp3) is 0.167. The number of aliphatic carboxylic acids is 1. The molecule has 6 nitrogen and oxygen atoms in total. The van der Waals surface area contributed by atoms with Crippen LogP contribution in [0.3, 0.4) is 0 Å². The molecule has 0 spiro atoms. The molecular formula is C12H10N2O4. The Bertz CT molecular complexity index is 520. The molecule has 0 atom stereocenters. The highest BCUT2D eigenvalue weighted by atomic mass is 16.4. The predicted molar refractivity (Wildman–Crippen MR) is 60.9 cm³/mol. The molecule has 2 heterocycles. The quantitative estimate of drug-likeness (QED) is 0.625. The maximum atomic E-state index is 11.5. The van der Waals surface area contributed by atoms with E-state index in [0.29, 0.717) is 5.56 Å². The number of carboxylic acid groups (broad SMARTS) is 1. The molecule has 1 aliphatic heterocycles. The molecule has 0 aromatic carbocycles. The van der Waals surface area contributed by atoms with Gasteiger partial charge in [-0.15, -0.1) is 0 Å². The van der Waals surface area contributed by atoms with Crippen molar-refractivity contribution in [3.8, 4) is 0 Å². The number of amides is 2. The van der Waals surface area contributed by atoms with Crippen LogP contribution in [-0.2, 0) is 14.4 Å². The van der Waals surface area contributed by atoms with Crippen molar-refractivity contribution in [2.24, 2.45) is 0 Å². The van der Waals surface area contributed by atoms with Crippen LogP contribution < -0.4 is 0 Å². The van der Waals surface area contributed by atoms with Gasteiger partial charge in [0.25, 0.3) is 0 Å². The summed E-state index contributed by atoms with van der Waals surface area (Å²) < 4.78 is 0. The van der Waals surface area contributed by atoms with Gasteiger partial charge in [0, 0.05) is 25.2 Å². The first kappa shape index (κ1) is 12.0. The minimum Gasteiger partial charge on any atom is -0.477 e. The Kier molecular flexibility index (Phi) is 3.18. The van der Waals surface area contributed by atoms with Crippen LogP contribution in [0.5, 0.6) is 0 Å². The van der Waals surface area contributed by atoms with Crippen molar-refractivity contribution >= 4 is 23.9 Å². The number of hydrogen-bond acceptors (Lipinski definition) is 4. The molecule has 0 saturated carbocycles.